The van der Waals surface area contributed by atoms with E-state index in [9.17, 15) is 9.59 Å². The van der Waals surface area contributed by atoms with Crippen molar-refractivity contribution in [2.75, 3.05) is 13.1 Å². The largest absolute Gasteiger partial charge is 0.489 e. The molecule has 1 aliphatic rings. The van der Waals surface area contributed by atoms with E-state index in [4.69, 9.17) is 9.84 Å². The first-order valence-corrected chi connectivity index (χ1v) is 13.2. The number of carbonyl (C=O) groups excluding carboxylic acids is 1. The van der Waals surface area contributed by atoms with Crippen molar-refractivity contribution in [3.8, 4) is 5.75 Å². The first kappa shape index (κ1) is 28.0. The number of para-hydroxylation sites is 1. The summed E-state index contributed by atoms with van der Waals surface area (Å²) in [5.74, 6) is -0.335. The Morgan fingerprint density at radius 2 is 1.62 bits per heavy atom. The van der Waals surface area contributed by atoms with E-state index in [1.165, 1.54) is 6.07 Å². The van der Waals surface area contributed by atoms with Crippen molar-refractivity contribution < 1.29 is 19.4 Å². The van der Waals surface area contributed by atoms with Crippen LogP contribution in [-0.4, -0.2) is 62.6 Å². The molecule has 1 amide bonds. The van der Waals surface area contributed by atoms with Gasteiger partial charge < -0.3 is 15.2 Å². The number of pyridine rings is 2. The Balaban J connectivity index is 0.000000187. The Morgan fingerprint density at radius 3 is 2.31 bits per heavy atom. The van der Waals surface area contributed by atoms with E-state index in [2.05, 4.69) is 34.0 Å². The second kappa shape index (κ2) is 11.8. The average Bonchev–Trinajstić information content (AvgIpc) is 3.36. The van der Waals surface area contributed by atoms with Crippen molar-refractivity contribution in [3.05, 3.63) is 78.1 Å². The summed E-state index contributed by atoms with van der Waals surface area (Å²) >= 11 is 0. The van der Waals surface area contributed by atoms with Crippen LogP contribution in [0.5, 0.6) is 5.75 Å². The lowest BCUT2D eigenvalue weighted by Gasteiger charge is -2.20. The lowest BCUT2D eigenvalue weighted by Crippen LogP contribution is -2.40. The number of carboxylic acids is 1. The number of nitrogens with zero attached hydrogens (tertiary/aromatic N) is 3. The van der Waals surface area contributed by atoms with Crippen LogP contribution in [0.4, 0.5) is 0 Å². The smallest absolute Gasteiger partial charge is 0.354 e. The van der Waals surface area contributed by atoms with Gasteiger partial charge in [-0.2, -0.15) is 0 Å². The third-order valence-corrected chi connectivity index (χ3v) is 6.41. The number of fused-ring (bicyclic) bond motifs is 2. The number of carbonyl (C=O) groups is 2. The lowest BCUT2D eigenvalue weighted by atomic mass is 10.1. The molecule has 204 valence electrons. The number of hydrogen-bond acceptors (Lipinski definition) is 6. The van der Waals surface area contributed by atoms with Gasteiger partial charge in [-0.3, -0.25) is 9.69 Å². The van der Waals surface area contributed by atoms with Gasteiger partial charge in [-0.05, 0) is 77.4 Å². The summed E-state index contributed by atoms with van der Waals surface area (Å²) in [6.07, 6.45) is 1.25. The molecular weight excluding hydrogens is 492 g/mol. The third kappa shape index (κ3) is 7.51. The first-order chi connectivity index (χ1) is 18.5. The predicted molar refractivity (Wildman–Crippen MR) is 153 cm³/mol. The highest BCUT2D eigenvalue weighted by atomic mass is 16.5. The van der Waals surface area contributed by atoms with Crippen LogP contribution in [0.3, 0.4) is 0 Å². The van der Waals surface area contributed by atoms with E-state index in [0.29, 0.717) is 17.3 Å². The molecule has 0 aliphatic carbocycles. The number of likely N-dealkylation sites (tertiary alicyclic amines) is 1. The van der Waals surface area contributed by atoms with Crippen LogP contribution < -0.4 is 10.1 Å². The molecule has 0 saturated carbocycles. The summed E-state index contributed by atoms with van der Waals surface area (Å²) in [6.45, 7) is 12.3. The number of benzene rings is 2. The van der Waals surface area contributed by atoms with Crippen molar-refractivity contribution >= 4 is 33.7 Å². The monoisotopic (exact) mass is 528 g/mol. The van der Waals surface area contributed by atoms with Gasteiger partial charge in [-0.15, -0.1) is 0 Å². The van der Waals surface area contributed by atoms with Crippen molar-refractivity contribution in [1.29, 1.82) is 0 Å². The minimum atomic E-state index is -1.01. The summed E-state index contributed by atoms with van der Waals surface area (Å²) in [6, 6.07) is 20.9. The summed E-state index contributed by atoms with van der Waals surface area (Å²) in [5.41, 5.74) is 1.78. The highest BCUT2D eigenvalue weighted by Crippen LogP contribution is 2.24. The third-order valence-electron chi connectivity index (χ3n) is 6.41. The summed E-state index contributed by atoms with van der Waals surface area (Å²) < 4.78 is 6.06. The van der Waals surface area contributed by atoms with Crippen molar-refractivity contribution in [2.24, 2.45) is 0 Å². The van der Waals surface area contributed by atoms with E-state index >= 15 is 0 Å². The second-order valence-electron chi connectivity index (χ2n) is 11.1. The summed E-state index contributed by atoms with van der Waals surface area (Å²) in [7, 11) is 0. The molecule has 8 nitrogen and oxygen atoms in total. The molecule has 0 spiro atoms. The van der Waals surface area contributed by atoms with Crippen LogP contribution in [0.15, 0.2) is 66.7 Å². The number of aromatic nitrogens is 2. The van der Waals surface area contributed by atoms with Gasteiger partial charge in [0.15, 0.2) is 0 Å². The Labute approximate surface area is 229 Å². The normalized spacial score (nSPS) is 15.7. The quantitative estimate of drug-likeness (QED) is 0.350. The minimum absolute atomic E-state index is 0.0598. The Bertz CT molecular complexity index is 1480. The second-order valence-corrected chi connectivity index (χ2v) is 11.1. The number of nitrogens with one attached hydrogen (secondary N) is 1. The van der Waals surface area contributed by atoms with Gasteiger partial charge in [0.25, 0.3) is 5.91 Å². The SMILES string of the molecule is CC(C)(C)NC(=O)c1ccc2ccccc2n1.CC(C)N1CCC(Oc2ccc3nc(C(=O)O)ccc3c2)C1. The van der Waals surface area contributed by atoms with Gasteiger partial charge in [-0.1, -0.05) is 30.3 Å². The number of rotatable bonds is 5. The zero-order valence-corrected chi connectivity index (χ0v) is 23.1. The molecule has 5 rings (SSSR count). The lowest BCUT2D eigenvalue weighted by molar-refractivity contribution is 0.0690. The topological polar surface area (TPSA) is 105 Å². The molecule has 8 heteroatoms. The fraction of sp³-hybridized carbons (Fsp3) is 0.355. The molecule has 2 aromatic heterocycles. The van der Waals surface area contributed by atoms with Crippen LogP contribution in [0.1, 0.15) is 62.0 Å². The van der Waals surface area contributed by atoms with E-state index < -0.39 is 5.97 Å². The number of hydrogen-bond donors (Lipinski definition) is 2. The molecule has 1 fully saturated rings. The maximum absolute atomic E-state index is 11.9. The summed E-state index contributed by atoms with van der Waals surface area (Å²) in [5, 5.41) is 13.8. The van der Waals surface area contributed by atoms with Gasteiger partial charge in [0.1, 0.15) is 23.2 Å². The highest BCUT2D eigenvalue weighted by Gasteiger charge is 2.25. The average molecular weight is 529 g/mol. The zero-order chi connectivity index (χ0) is 28.2. The molecule has 2 aromatic carbocycles. The summed E-state index contributed by atoms with van der Waals surface area (Å²) in [4.78, 5) is 33.7. The Morgan fingerprint density at radius 1 is 0.949 bits per heavy atom. The predicted octanol–water partition coefficient (Wildman–Crippen LogP) is 5.56. The molecule has 39 heavy (non-hydrogen) atoms. The molecule has 2 N–H and O–H groups in total. The number of amides is 1. The molecule has 1 saturated heterocycles. The molecule has 1 aliphatic heterocycles. The zero-order valence-electron chi connectivity index (χ0n) is 23.1. The van der Waals surface area contributed by atoms with Crippen LogP contribution in [0, 0.1) is 0 Å². The van der Waals surface area contributed by atoms with Gasteiger partial charge in [0.05, 0.1) is 11.0 Å². The van der Waals surface area contributed by atoms with Crippen LogP contribution in [-0.2, 0) is 0 Å². The van der Waals surface area contributed by atoms with Crippen LogP contribution in [0.2, 0.25) is 0 Å². The fourth-order valence-corrected chi connectivity index (χ4v) is 4.40. The number of ether oxygens (including phenoxy) is 1. The molecule has 0 radical (unpaired) electrons. The van der Waals surface area contributed by atoms with Crippen molar-refractivity contribution in [1.82, 2.24) is 20.2 Å². The fourth-order valence-electron chi connectivity index (χ4n) is 4.40. The van der Waals surface area contributed by atoms with Gasteiger partial charge in [0, 0.05) is 35.4 Å². The highest BCUT2D eigenvalue weighted by molar-refractivity contribution is 5.95. The molecular formula is C31H36N4O4. The van der Waals surface area contributed by atoms with Crippen LogP contribution >= 0.6 is 0 Å². The van der Waals surface area contributed by atoms with Gasteiger partial charge in [0.2, 0.25) is 0 Å². The molecule has 1 atom stereocenters. The number of carboxylic acid groups (broad SMARTS) is 1. The molecule has 3 heterocycles. The van der Waals surface area contributed by atoms with Crippen LogP contribution in [0.25, 0.3) is 21.8 Å². The molecule has 1 unspecified atom stereocenters. The van der Waals surface area contributed by atoms with E-state index in [1.54, 1.807) is 12.1 Å². The van der Waals surface area contributed by atoms with Crippen molar-refractivity contribution in [2.45, 2.75) is 58.7 Å². The van der Waals surface area contributed by atoms with E-state index in [0.717, 1.165) is 41.5 Å². The van der Waals surface area contributed by atoms with Gasteiger partial charge in [-0.25, -0.2) is 14.8 Å². The Hall–Kier alpha value is -4.04. The van der Waals surface area contributed by atoms with E-state index in [1.807, 2.05) is 69.3 Å². The van der Waals surface area contributed by atoms with Crippen molar-refractivity contribution in [3.63, 3.8) is 0 Å². The van der Waals surface area contributed by atoms with E-state index in [-0.39, 0.29) is 23.2 Å². The molecule has 0 bridgehead atoms. The minimum Gasteiger partial charge on any atom is -0.489 e. The maximum atomic E-state index is 11.9. The number of aromatic carboxylic acids is 1. The Kier molecular flexibility index (Phi) is 8.45. The standard InChI is InChI=1S/C17H20N2O3.C14H16N2O/c1-11(2)19-8-7-14(10-19)22-13-4-6-15-12(9-13)3-5-16(18-15)17(20)21;1-14(2,3)16-13(17)12-9-8-10-6-4-5-7-11(10)15-12/h3-6,9,11,14H,7-8,10H2,1-2H3,(H,20,21);4-9H,1-3H3,(H,16,17). The maximum Gasteiger partial charge on any atom is 0.354 e. The van der Waals surface area contributed by atoms with Gasteiger partial charge >= 0.3 is 5.97 Å². The molecule has 4 aromatic rings. The first-order valence-electron chi connectivity index (χ1n) is 13.2.